The van der Waals surface area contributed by atoms with Crippen LogP contribution in [0.25, 0.3) is 0 Å². The Hall–Kier alpha value is -4.00. The molecule has 3 aromatic rings. The topological polar surface area (TPSA) is 87.3 Å². The lowest BCUT2D eigenvalue weighted by Crippen LogP contribution is -2.26. The van der Waals surface area contributed by atoms with Gasteiger partial charge in [-0.15, -0.1) is 0 Å². The molecule has 1 aliphatic rings. The lowest BCUT2D eigenvalue weighted by molar-refractivity contribution is -0.117. The highest BCUT2D eigenvalue weighted by Gasteiger charge is 2.39. The fraction of sp³-hybridized carbons (Fsp3) is 0.222. The van der Waals surface area contributed by atoms with Crippen molar-refractivity contribution in [3.8, 4) is 0 Å². The van der Waals surface area contributed by atoms with Crippen molar-refractivity contribution in [2.75, 3.05) is 10.6 Å². The molecular weight excluding hydrogens is 433 g/mol. The van der Waals surface area contributed by atoms with E-state index in [4.69, 9.17) is 0 Å². The molecule has 7 heteroatoms. The normalized spacial score (nSPS) is 17.4. The van der Waals surface area contributed by atoms with E-state index in [1.165, 1.54) is 24.3 Å². The van der Waals surface area contributed by atoms with Crippen LogP contribution in [0.15, 0.2) is 72.8 Å². The first-order chi connectivity index (χ1) is 16.3. The maximum atomic E-state index is 13.0. The van der Waals surface area contributed by atoms with E-state index in [2.05, 4.69) is 22.9 Å². The predicted octanol–water partition coefficient (Wildman–Crippen LogP) is 5.16. The summed E-state index contributed by atoms with van der Waals surface area (Å²) in [7, 11) is 0. The number of amides is 3. The summed E-state index contributed by atoms with van der Waals surface area (Å²) in [5, 5.41) is 8.59. The summed E-state index contributed by atoms with van der Waals surface area (Å²) in [5.74, 6) is -0.410. The molecule has 0 saturated heterocycles. The zero-order valence-corrected chi connectivity index (χ0v) is 19.0. The van der Waals surface area contributed by atoms with Gasteiger partial charge in [0.2, 0.25) is 5.91 Å². The maximum Gasteiger partial charge on any atom is 0.255 e. The van der Waals surface area contributed by atoms with Crippen LogP contribution in [0.5, 0.6) is 0 Å². The molecule has 174 valence electrons. The molecule has 1 saturated carbocycles. The standard InChI is InChI=1S/C27H26FN3O3/c1-16-15-24(16)27(34)31-23-13-7-20(8-14-23)25(32)29-17(2)18-5-11-22(12-6-18)30-26(33)19-3-9-21(28)10-4-19/h3-14,16-17,24H,15H2,1-2H3,(H,29,32)(H,30,33)(H,31,34). The van der Waals surface area contributed by atoms with Gasteiger partial charge in [-0.2, -0.15) is 0 Å². The van der Waals surface area contributed by atoms with Gasteiger partial charge in [0.15, 0.2) is 0 Å². The molecule has 3 atom stereocenters. The minimum atomic E-state index is -0.400. The van der Waals surface area contributed by atoms with Crippen molar-refractivity contribution < 1.29 is 18.8 Å². The average molecular weight is 460 g/mol. The van der Waals surface area contributed by atoms with Gasteiger partial charge in [-0.25, -0.2) is 4.39 Å². The van der Waals surface area contributed by atoms with Gasteiger partial charge in [0.25, 0.3) is 11.8 Å². The van der Waals surface area contributed by atoms with Gasteiger partial charge in [-0.1, -0.05) is 19.1 Å². The third kappa shape index (κ3) is 5.67. The summed E-state index contributed by atoms with van der Waals surface area (Å²) in [6.45, 7) is 3.92. The minimum Gasteiger partial charge on any atom is -0.346 e. The van der Waals surface area contributed by atoms with Crippen LogP contribution < -0.4 is 16.0 Å². The number of carbonyl (C=O) groups is 3. The van der Waals surface area contributed by atoms with E-state index in [0.717, 1.165) is 12.0 Å². The number of halogens is 1. The molecular formula is C27H26FN3O3. The first-order valence-electron chi connectivity index (χ1n) is 11.2. The molecule has 1 aliphatic carbocycles. The summed E-state index contributed by atoms with van der Waals surface area (Å²) in [5.41, 5.74) is 2.99. The zero-order chi connectivity index (χ0) is 24.2. The van der Waals surface area contributed by atoms with Gasteiger partial charge in [0.05, 0.1) is 6.04 Å². The molecule has 3 amide bonds. The second-order valence-electron chi connectivity index (χ2n) is 8.66. The van der Waals surface area contributed by atoms with Crippen molar-refractivity contribution in [3.05, 3.63) is 95.3 Å². The van der Waals surface area contributed by atoms with Gasteiger partial charge in [-0.05, 0) is 85.5 Å². The second-order valence-corrected chi connectivity index (χ2v) is 8.66. The zero-order valence-electron chi connectivity index (χ0n) is 19.0. The number of carbonyl (C=O) groups excluding carboxylic acids is 3. The van der Waals surface area contributed by atoms with Crippen molar-refractivity contribution in [2.45, 2.75) is 26.3 Å². The van der Waals surface area contributed by atoms with Crippen LogP contribution in [0, 0.1) is 17.7 Å². The van der Waals surface area contributed by atoms with Crippen LogP contribution in [-0.2, 0) is 4.79 Å². The van der Waals surface area contributed by atoms with Crippen LogP contribution in [0.2, 0.25) is 0 Å². The Balaban J connectivity index is 1.30. The van der Waals surface area contributed by atoms with Gasteiger partial charge < -0.3 is 16.0 Å². The van der Waals surface area contributed by atoms with Crippen LogP contribution in [0.4, 0.5) is 15.8 Å². The fourth-order valence-electron chi connectivity index (χ4n) is 3.65. The third-order valence-corrected chi connectivity index (χ3v) is 5.98. The summed E-state index contributed by atoms with van der Waals surface area (Å²) < 4.78 is 13.0. The Morgan fingerprint density at radius 3 is 1.88 bits per heavy atom. The largest absolute Gasteiger partial charge is 0.346 e. The first kappa shape index (κ1) is 23.2. The quantitative estimate of drug-likeness (QED) is 0.456. The second kappa shape index (κ2) is 9.87. The lowest BCUT2D eigenvalue weighted by Gasteiger charge is -2.15. The smallest absolute Gasteiger partial charge is 0.255 e. The number of nitrogens with one attached hydrogen (secondary N) is 3. The van der Waals surface area contributed by atoms with E-state index in [-0.39, 0.29) is 29.7 Å². The monoisotopic (exact) mass is 459 g/mol. The van der Waals surface area contributed by atoms with Crippen molar-refractivity contribution in [2.24, 2.45) is 11.8 Å². The molecule has 34 heavy (non-hydrogen) atoms. The molecule has 0 bridgehead atoms. The van der Waals surface area contributed by atoms with Crippen molar-refractivity contribution in [1.82, 2.24) is 5.32 Å². The van der Waals surface area contributed by atoms with E-state index in [0.29, 0.717) is 28.4 Å². The van der Waals surface area contributed by atoms with Crippen LogP contribution in [0.1, 0.15) is 52.6 Å². The Morgan fingerprint density at radius 2 is 1.29 bits per heavy atom. The number of hydrogen-bond donors (Lipinski definition) is 3. The maximum absolute atomic E-state index is 13.0. The summed E-state index contributed by atoms with van der Waals surface area (Å²) in [6.07, 6.45) is 0.922. The molecule has 6 nitrogen and oxygen atoms in total. The molecule has 0 aromatic heterocycles. The molecule has 3 aromatic carbocycles. The average Bonchev–Trinajstić information content (AvgIpc) is 3.57. The van der Waals surface area contributed by atoms with Crippen LogP contribution in [-0.4, -0.2) is 17.7 Å². The van der Waals surface area contributed by atoms with E-state index in [1.54, 1.807) is 36.4 Å². The summed E-state index contributed by atoms with van der Waals surface area (Å²) >= 11 is 0. The summed E-state index contributed by atoms with van der Waals surface area (Å²) in [6, 6.07) is 19.0. The number of anilines is 2. The highest BCUT2D eigenvalue weighted by Crippen LogP contribution is 2.38. The van der Waals surface area contributed by atoms with Crippen molar-refractivity contribution in [1.29, 1.82) is 0 Å². The molecule has 0 radical (unpaired) electrons. The van der Waals surface area contributed by atoms with Crippen molar-refractivity contribution >= 4 is 29.1 Å². The Bertz CT molecular complexity index is 1190. The molecule has 3 unspecified atom stereocenters. The lowest BCUT2D eigenvalue weighted by atomic mass is 10.1. The SMILES string of the molecule is CC(NC(=O)c1ccc(NC(=O)C2CC2C)cc1)c1ccc(NC(=O)c2ccc(F)cc2)cc1. The van der Waals surface area contributed by atoms with E-state index >= 15 is 0 Å². The molecule has 0 spiro atoms. The highest BCUT2D eigenvalue weighted by atomic mass is 19.1. The Kier molecular flexibility index (Phi) is 6.72. The van der Waals surface area contributed by atoms with Gasteiger partial charge in [-0.3, -0.25) is 14.4 Å². The number of hydrogen-bond acceptors (Lipinski definition) is 3. The number of rotatable bonds is 7. The molecule has 0 aliphatic heterocycles. The third-order valence-electron chi connectivity index (χ3n) is 5.98. The molecule has 4 rings (SSSR count). The Morgan fingerprint density at radius 1 is 0.794 bits per heavy atom. The van der Waals surface area contributed by atoms with Gasteiger partial charge >= 0.3 is 0 Å². The molecule has 1 fully saturated rings. The molecule has 3 N–H and O–H groups in total. The fourth-order valence-corrected chi connectivity index (χ4v) is 3.65. The first-order valence-corrected chi connectivity index (χ1v) is 11.2. The highest BCUT2D eigenvalue weighted by molar-refractivity contribution is 6.04. The Labute approximate surface area is 197 Å². The predicted molar refractivity (Wildman–Crippen MR) is 129 cm³/mol. The van der Waals surface area contributed by atoms with Gasteiger partial charge in [0, 0.05) is 28.4 Å². The van der Waals surface area contributed by atoms with Crippen LogP contribution in [0.3, 0.4) is 0 Å². The van der Waals surface area contributed by atoms with E-state index in [1.807, 2.05) is 19.1 Å². The summed E-state index contributed by atoms with van der Waals surface area (Å²) in [4.78, 5) is 36.9. The van der Waals surface area contributed by atoms with Gasteiger partial charge in [0.1, 0.15) is 5.82 Å². The van der Waals surface area contributed by atoms with E-state index in [9.17, 15) is 18.8 Å². The minimum absolute atomic E-state index is 0.0237. The van der Waals surface area contributed by atoms with E-state index < -0.39 is 5.82 Å². The van der Waals surface area contributed by atoms with Crippen LogP contribution >= 0.6 is 0 Å². The van der Waals surface area contributed by atoms with Crippen molar-refractivity contribution in [3.63, 3.8) is 0 Å². The molecule has 0 heterocycles. The number of benzene rings is 3.